The van der Waals surface area contributed by atoms with Crippen molar-refractivity contribution in [2.45, 2.75) is 13.5 Å². The molecule has 2 aromatic carbocycles. The second-order valence-corrected chi connectivity index (χ2v) is 7.49. The quantitative estimate of drug-likeness (QED) is 0.697. The molecule has 1 N–H and O–H groups in total. The van der Waals surface area contributed by atoms with Crippen molar-refractivity contribution in [1.29, 1.82) is 0 Å². The topological polar surface area (TPSA) is 44.3 Å². The van der Waals surface area contributed by atoms with E-state index in [9.17, 15) is 0 Å². The molecule has 1 aromatic heterocycles. The van der Waals surface area contributed by atoms with Gasteiger partial charge < -0.3 is 15.1 Å². The number of nitrogens with zero attached hydrogens (tertiary/aromatic N) is 4. The second-order valence-electron chi connectivity index (χ2n) is 7.06. The first-order chi connectivity index (χ1) is 13.7. The van der Waals surface area contributed by atoms with Gasteiger partial charge in [-0.05, 0) is 30.7 Å². The number of anilines is 3. The zero-order chi connectivity index (χ0) is 19.3. The minimum atomic E-state index is 0.751. The number of rotatable bonds is 5. The van der Waals surface area contributed by atoms with Gasteiger partial charge in [0, 0.05) is 49.5 Å². The van der Waals surface area contributed by atoms with Gasteiger partial charge in [0.2, 0.25) is 0 Å². The van der Waals surface area contributed by atoms with E-state index in [1.807, 2.05) is 24.3 Å². The molecule has 0 atom stereocenters. The summed E-state index contributed by atoms with van der Waals surface area (Å²) in [6, 6.07) is 18.6. The molecular formula is C22H24ClN5. The number of benzene rings is 2. The average molecular weight is 394 g/mol. The molecule has 5 nitrogen and oxygen atoms in total. The van der Waals surface area contributed by atoms with Crippen molar-refractivity contribution in [2.75, 3.05) is 41.3 Å². The maximum atomic E-state index is 6.13. The van der Waals surface area contributed by atoms with Crippen LogP contribution in [-0.2, 0) is 6.54 Å². The highest BCUT2D eigenvalue weighted by atomic mass is 35.5. The Bertz CT molecular complexity index is 937. The molecule has 144 valence electrons. The van der Waals surface area contributed by atoms with Crippen LogP contribution in [0.4, 0.5) is 17.3 Å². The molecule has 1 aliphatic rings. The fraction of sp³-hybridized carbons (Fsp3) is 0.273. The van der Waals surface area contributed by atoms with Crippen LogP contribution in [0.25, 0.3) is 0 Å². The van der Waals surface area contributed by atoms with E-state index in [0.717, 1.165) is 49.4 Å². The molecule has 1 fully saturated rings. The van der Waals surface area contributed by atoms with E-state index >= 15 is 0 Å². The smallest absolute Gasteiger partial charge is 0.134 e. The van der Waals surface area contributed by atoms with Crippen molar-refractivity contribution in [2.24, 2.45) is 0 Å². The maximum absolute atomic E-state index is 6.13. The molecule has 0 saturated carbocycles. The van der Waals surface area contributed by atoms with Crippen LogP contribution >= 0.6 is 11.6 Å². The van der Waals surface area contributed by atoms with Gasteiger partial charge in [0.1, 0.15) is 18.0 Å². The number of hydrogen-bond acceptors (Lipinski definition) is 5. The maximum Gasteiger partial charge on any atom is 0.134 e. The lowest BCUT2D eigenvalue weighted by Crippen LogP contribution is -2.46. The Morgan fingerprint density at radius 1 is 0.929 bits per heavy atom. The predicted molar refractivity (Wildman–Crippen MR) is 116 cm³/mol. The molecule has 0 bridgehead atoms. The van der Waals surface area contributed by atoms with Gasteiger partial charge in [-0.1, -0.05) is 47.5 Å². The Balaban J connectivity index is 1.37. The summed E-state index contributed by atoms with van der Waals surface area (Å²) in [6.45, 7) is 6.57. The van der Waals surface area contributed by atoms with Crippen LogP contribution < -0.4 is 15.1 Å². The van der Waals surface area contributed by atoms with Gasteiger partial charge in [-0.2, -0.15) is 0 Å². The second kappa shape index (κ2) is 8.48. The molecule has 0 spiro atoms. The van der Waals surface area contributed by atoms with Crippen LogP contribution in [-0.4, -0.2) is 36.1 Å². The van der Waals surface area contributed by atoms with Crippen molar-refractivity contribution in [3.05, 3.63) is 77.1 Å². The molecule has 1 saturated heterocycles. The molecule has 0 amide bonds. The third-order valence-electron chi connectivity index (χ3n) is 4.99. The van der Waals surface area contributed by atoms with Crippen molar-refractivity contribution in [3.8, 4) is 0 Å². The summed E-state index contributed by atoms with van der Waals surface area (Å²) < 4.78 is 0. The van der Waals surface area contributed by atoms with E-state index in [2.05, 4.69) is 62.3 Å². The number of nitrogens with one attached hydrogen (secondary N) is 1. The summed E-state index contributed by atoms with van der Waals surface area (Å²) in [5, 5.41) is 4.18. The van der Waals surface area contributed by atoms with Crippen LogP contribution in [0.1, 0.15) is 11.1 Å². The van der Waals surface area contributed by atoms with Gasteiger partial charge in [-0.15, -0.1) is 0 Å². The third kappa shape index (κ3) is 4.54. The number of halogens is 1. The third-order valence-corrected chi connectivity index (χ3v) is 5.22. The standard InChI is InChI=1S/C22H24ClN5/c1-17-4-2-5-18(12-17)15-24-21-14-22(26-16-25-21)28-10-8-27(9-11-28)20-7-3-6-19(23)13-20/h2-7,12-14,16H,8-11,15H2,1H3,(H,24,25,26). The van der Waals surface area contributed by atoms with E-state index < -0.39 is 0 Å². The van der Waals surface area contributed by atoms with Crippen molar-refractivity contribution >= 4 is 28.9 Å². The van der Waals surface area contributed by atoms with Crippen LogP contribution in [0.5, 0.6) is 0 Å². The lowest BCUT2D eigenvalue weighted by molar-refractivity contribution is 0.647. The summed E-state index contributed by atoms with van der Waals surface area (Å²) in [6.07, 6.45) is 1.64. The number of aryl methyl sites for hydroxylation is 1. The molecule has 0 aliphatic carbocycles. The van der Waals surface area contributed by atoms with E-state index in [1.165, 1.54) is 16.8 Å². The fourth-order valence-electron chi connectivity index (χ4n) is 3.50. The number of aromatic nitrogens is 2. The van der Waals surface area contributed by atoms with Gasteiger partial charge >= 0.3 is 0 Å². The van der Waals surface area contributed by atoms with Gasteiger partial charge in [-0.25, -0.2) is 9.97 Å². The molecule has 28 heavy (non-hydrogen) atoms. The summed E-state index contributed by atoms with van der Waals surface area (Å²) in [7, 11) is 0. The first-order valence-electron chi connectivity index (χ1n) is 9.54. The normalized spacial score (nSPS) is 14.2. The Hall–Kier alpha value is -2.79. The highest BCUT2D eigenvalue weighted by molar-refractivity contribution is 6.30. The van der Waals surface area contributed by atoms with Crippen LogP contribution in [0.3, 0.4) is 0 Å². The minimum absolute atomic E-state index is 0.751. The van der Waals surface area contributed by atoms with E-state index in [1.54, 1.807) is 6.33 Å². The first-order valence-corrected chi connectivity index (χ1v) is 9.92. The highest BCUT2D eigenvalue weighted by Crippen LogP contribution is 2.23. The van der Waals surface area contributed by atoms with E-state index in [0.29, 0.717) is 0 Å². The lowest BCUT2D eigenvalue weighted by Gasteiger charge is -2.36. The van der Waals surface area contributed by atoms with Crippen LogP contribution in [0, 0.1) is 6.92 Å². The predicted octanol–water partition coefficient (Wildman–Crippen LogP) is 4.38. The average Bonchev–Trinajstić information content (AvgIpc) is 2.73. The number of hydrogen-bond donors (Lipinski definition) is 1. The van der Waals surface area contributed by atoms with Crippen molar-refractivity contribution < 1.29 is 0 Å². The van der Waals surface area contributed by atoms with Crippen molar-refractivity contribution in [3.63, 3.8) is 0 Å². The highest BCUT2D eigenvalue weighted by Gasteiger charge is 2.19. The van der Waals surface area contributed by atoms with Crippen LogP contribution in [0.2, 0.25) is 5.02 Å². The van der Waals surface area contributed by atoms with Gasteiger partial charge in [0.15, 0.2) is 0 Å². The summed E-state index contributed by atoms with van der Waals surface area (Å²) in [4.78, 5) is 13.5. The zero-order valence-corrected chi connectivity index (χ0v) is 16.7. The SMILES string of the molecule is Cc1cccc(CNc2cc(N3CCN(c4cccc(Cl)c4)CC3)ncn2)c1. The summed E-state index contributed by atoms with van der Waals surface area (Å²) >= 11 is 6.13. The number of piperazine rings is 1. The molecular weight excluding hydrogens is 370 g/mol. The molecule has 4 rings (SSSR count). The van der Waals surface area contributed by atoms with E-state index in [4.69, 9.17) is 11.6 Å². The van der Waals surface area contributed by atoms with E-state index in [-0.39, 0.29) is 0 Å². The lowest BCUT2D eigenvalue weighted by atomic mass is 10.1. The fourth-order valence-corrected chi connectivity index (χ4v) is 3.68. The Morgan fingerprint density at radius 3 is 2.50 bits per heavy atom. The van der Waals surface area contributed by atoms with Crippen LogP contribution in [0.15, 0.2) is 60.9 Å². The van der Waals surface area contributed by atoms with Gasteiger partial charge in [-0.3, -0.25) is 0 Å². The molecule has 0 radical (unpaired) electrons. The largest absolute Gasteiger partial charge is 0.368 e. The Morgan fingerprint density at radius 2 is 1.71 bits per heavy atom. The van der Waals surface area contributed by atoms with Gasteiger partial charge in [0.25, 0.3) is 0 Å². The molecule has 2 heterocycles. The Kier molecular flexibility index (Phi) is 5.63. The summed E-state index contributed by atoms with van der Waals surface area (Å²) in [5.74, 6) is 1.82. The molecule has 1 aliphatic heterocycles. The molecule has 6 heteroatoms. The zero-order valence-electron chi connectivity index (χ0n) is 16.0. The van der Waals surface area contributed by atoms with Gasteiger partial charge in [0.05, 0.1) is 0 Å². The monoisotopic (exact) mass is 393 g/mol. The Labute approximate surface area is 171 Å². The molecule has 0 unspecified atom stereocenters. The summed E-state index contributed by atoms with van der Waals surface area (Å²) in [5.41, 5.74) is 3.69. The minimum Gasteiger partial charge on any atom is -0.368 e. The van der Waals surface area contributed by atoms with Crippen molar-refractivity contribution in [1.82, 2.24) is 9.97 Å². The first kappa shape index (κ1) is 18.6. The molecule has 3 aromatic rings.